The summed E-state index contributed by atoms with van der Waals surface area (Å²) in [4.78, 5) is 0. The van der Waals surface area contributed by atoms with Crippen molar-refractivity contribution in [2.24, 2.45) is 0 Å². The van der Waals surface area contributed by atoms with Crippen LogP contribution in [0.25, 0.3) is 12.2 Å². The van der Waals surface area contributed by atoms with Crippen molar-refractivity contribution in [3.05, 3.63) is 77.4 Å². The molecule has 0 fully saturated rings. The Labute approximate surface area is 145 Å². The third kappa shape index (κ3) is 6.18. The van der Waals surface area contributed by atoms with Crippen molar-refractivity contribution >= 4 is 12.2 Å². The van der Waals surface area contributed by atoms with E-state index < -0.39 is 0 Å². The quantitative estimate of drug-likeness (QED) is 0.615. The second-order valence-corrected chi connectivity index (χ2v) is 5.47. The number of hydrogen-bond donors (Lipinski definition) is 0. The number of benzene rings is 2. The second kappa shape index (κ2) is 10.1. The maximum absolute atomic E-state index is 5.56. The SMILES string of the molecule is CCCOc1ccc(/C=C/C#C/C=C/c2ccc(CC)cc2)cc1. The minimum atomic E-state index is 0.758. The molecule has 0 aliphatic heterocycles. The van der Waals surface area contributed by atoms with E-state index in [1.54, 1.807) is 0 Å². The summed E-state index contributed by atoms with van der Waals surface area (Å²) in [5.41, 5.74) is 3.65. The van der Waals surface area contributed by atoms with Crippen LogP contribution in [0.3, 0.4) is 0 Å². The number of aryl methyl sites for hydroxylation is 1. The first-order chi connectivity index (χ1) is 11.8. The molecule has 0 saturated carbocycles. The number of ether oxygens (including phenoxy) is 1. The highest BCUT2D eigenvalue weighted by Gasteiger charge is 1.91. The topological polar surface area (TPSA) is 9.23 Å². The fraction of sp³-hybridized carbons (Fsp3) is 0.217. The Morgan fingerprint density at radius 1 is 0.792 bits per heavy atom. The monoisotopic (exact) mass is 316 g/mol. The van der Waals surface area contributed by atoms with Gasteiger partial charge in [-0.05, 0) is 66.0 Å². The third-order valence-electron chi connectivity index (χ3n) is 3.54. The van der Waals surface area contributed by atoms with Crippen LogP contribution in [-0.4, -0.2) is 6.61 Å². The molecule has 0 bridgehead atoms. The molecule has 0 atom stereocenters. The Balaban J connectivity index is 1.85. The van der Waals surface area contributed by atoms with Gasteiger partial charge in [0, 0.05) is 0 Å². The second-order valence-electron chi connectivity index (χ2n) is 5.47. The van der Waals surface area contributed by atoms with Gasteiger partial charge in [-0.3, -0.25) is 0 Å². The Bertz CT molecular complexity index is 722. The van der Waals surface area contributed by atoms with Crippen LogP contribution in [0.1, 0.15) is 37.0 Å². The molecule has 24 heavy (non-hydrogen) atoms. The zero-order valence-electron chi connectivity index (χ0n) is 14.5. The average Bonchev–Trinajstić information content (AvgIpc) is 2.64. The van der Waals surface area contributed by atoms with Crippen LogP contribution in [0.4, 0.5) is 0 Å². The minimum Gasteiger partial charge on any atom is -0.494 e. The number of hydrogen-bond acceptors (Lipinski definition) is 1. The lowest BCUT2D eigenvalue weighted by molar-refractivity contribution is 0.317. The molecular weight excluding hydrogens is 292 g/mol. The Morgan fingerprint density at radius 2 is 1.33 bits per heavy atom. The lowest BCUT2D eigenvalue weighted by atomic mass is 10.1. The third-order valence-corrected chi connectivity index (χ3v) is 3.54. The van der Waals surface area contributed by atoms with Crippen molar-refractivity contribution in [3.63, 3.8) is 0 Å². The van der Waals surface area contributed by atoms with Crippen LogP contribution < -0.4 is 4.74 Å². The first-order valence-electron chi connectivity index (χ1n) is 8.47. The Morgan fingerprint density at radius 3 is 1.83 bits per heavy atom. The van der Waals surface area contributed by atoms with E-state index in [1.807, 2.05) is 48.6 Å². The smallest absolute Gasteiger partial charge is 0.119 e. The van der Waals surface area contributed by atoms with Crippen LogP contribution in [0.15, 0.2) is 60.7 Å². The molecule has 0 saturated heterocycles. The maximum atomic E-state index is 5.56. The largest absolute Gasteiger partial charge is 0.494 e. The molecule has 2 aromatic rings. The van der Waals surface area contributed by atoms with E-state index in [1.165, 1.54) is 11.1 Å². The molecular formula is C23H24O. The molecule has 2 rings (SSSR count). The van der Waals surface area contributed by atoms with Crippen LogP contribution in [0.2, 0.25) is 0 Å². The molecule has 0 spiro atoms. The van der Waals surface area contributed by atoms with Gasteiger partial charge in [-0.2, -0.15) is 0 Å². The number of allylic oxidation sites excluding steroid dienone is 2. The van der Waals surface area contributed by atoms with E-state index in [2.05, 4.69) is 50.0 Å². The van der Waals surface area contributed by atoms with Gasteiger partial charge >= 0.3 is 0 Å². The molecule has 1 nitrogen and oxygen atoms in total. The summed E-state index contributed by atoms with van der Waals surface area (Å²) < 4.78 is 5.56. The van der Waals surface area contributed by atoms with Crippen molar-refractivity contribution in [1.82, 2.24) is 0 Å². The molecule has 0 amide bonds. The summed E-state index contributed by atoms with van der Waals surface area (Å²) in [6.07, 6.45) is 9.87. The zero-order valence-corrected chi connectivity index (χ0v) is 14.5. The van der Waals surface area contributed by atoms with E-state index in [0.717, 1.165) is 30.8 Å². The molecule has 122 valence electrons. The highest BCUT2D eigenvalue weighted by Crippen LogP contribution is 2.13. The van der Waals surface area contributed by atoms with E-state index in [0.29, 0.717) is 0 Å². The van der Waals surface area contributed by atoms with E-state index in [4.69, 9.17) is 4.74 Å². The number of rotatable bonds is 6. The molecule has 0 heterocycles. The molecule has 0 N–H and O–H groups in total. The van der Waals surface area contributed by atoms with Gasteiger partial charge in [-0.25, -0.2) is 0 Å². The molecule has 0 unspecified atom stereocenters. The summed E-state index contributed by atoms with van der Waals surface area (Å²) in [6, 6.07) is 16.6. The van der Waals surface area contributed by atoms with Crippen molar-refractivity contribution in [3.8, 4) is 17.6 Å². The molecule has 1 heteroatoms. The first kappa shape index (κ1) is 17.6. The average molecular weight is 316 g/mol. The summed E-state index contributed by atoms with van der Waals surface area (Å²) in [5, 5.41) is 0. The fourth-order valence-electron chi connectivity index (χ4n) is 2.13. The lowest BCUT2D eigenvalue weighted by Crippen LogP contribution is -1.94. The highest BCUT2D eigenvalue weighted by molar-refractivity contribution is 5.56. The molecule has 2 aromatic carbocycles. The predicted molar refractivity (Wildman–Crippen MR) is 104 cm³/mol. The molecule has 0 radical (unpaired) electrons. The van der Waals surface area contributed by atoms with Gasteiger partial charge in [-0.1, -0.05) is 62.1 Å². The summed E-state index contributed by atoms with van der Waals surface area (Å²) in [6.45, 7) is 5.02. The predicted octanol–water partition coefficient (Wildman–Crippen LogP) is 5.77. The standard InChI is InChI=1S/C23H24O/c1-3-19-24-23-17-15-22(16-18-23)10-8-6-5-7-9-21-13-11-20(4-2)12-14-21/h7-18H,3-4,19H2,1-2H3/b9-7+,10-8+. The Hall–Kier alpha value is -2.72. The highest BCUT2D eigenvalue weighted by atomic mass is 16.5. The Kier molecular flexibility index (Phi) is 7.44. The zero-order chi connectivity index (χ0) is 17.0. The molecule has 0 aromatic heterocycles. The van der Waals surface area contributed by atoms with Gasteiger partial charge in [0.2, 0.25) is 0 Å². The van der Waals surface area contributed by atoms with E-state index in [9.17, 15) is 0 Å². The summed E-state index contributed by atoms with van der Waals surface area (Å²) >= 11 is 0. The van der Waals surface area contributed by atoms with Gasteiger partial charge < -0.3 is 4.74 Å². The normalized spacial score (nSPS) is 10.8. The minimum absolute atomic E-state index is 0.758. The van der Waals surface area contributed by atoms with Crippen molar-refractivity contribution < 1.29 is 4.74 Å². The van der Waals surface area contributed by atoms with Gasteiger partial charge in [0.1, 0.15) is 5.75 Å². The van der Waals surface area contributed by atoms with Gasteiger partial charge in [0.15, 0.2) is 0 Å². The maximum Gasteiger partial charge on any atom is 0.119 e. The van der Waals surface area contributed by atoms with Gasteiger partial charge in [0.05, 0.1) is 6.61 Å². The van der Waals surface area contributed by atoms with E-state index >= 15 is 0 Å². The lowest BCUT2D eigenvalue weighted by Gasteiger charge is -2.03. The summed E-state index contributed by atoms with van der Waals surface area (Å²) in [7, 11) is 0. The van der Waals surface area contributed by atoms with Crippen LogP contribution in [0.5, 0.6) is 5.75 Å². The van der Waals surface area contributed by atoms with Crippen molar-refractivity contribution in [2.45, 2.75) is 26.7 Å². The van der Waals surface area contributed by atoms with Crippen molar-refractivity contribution in [1.29, 1.82) is 0 Å². The van der Waals surface area contributed by atoms with Gasteiger partial charge in [0.25, 0.3) is 0 Å². The van der Waals surface area contributed by atoms with Crippen LogP contribution in [0, 0.1) is 11.8 Å². The molecule has 0 aliphatic carbocycles. The summed E-state index contributed by atoms with van der Waals surface area (Å²) in [5.74, 6) is 6.97. The van der Waals surface area contributed by atoms with E-state index in [-0.39, 0.29) is 0 Å². The van der Waals surface area contributed by atoms with Crippen LogP contribution >= 0.6 is 0 Å². The fourth-order valence-corrected chi connectivity index (χ4v) is 2.13. The van der Waals surface area contributed by atoms with Crippen LogP contribution in [-0.2, 0) is 6.42 Å². The first-order valence-corrected chi connectivity index (χ1v) is 8.47. The molecule has 0 aliphatic rings. The van der Waals surface area contributed by atoms with Gasteiger partial charge in [-0.15, -0.1) is 0 Å². The van der Waals surface area contributed by atoms with Crippen molar-refractivity contribution in [2.75, 3.05) is 6.61 Å².